The average Bonchev–Trinajstić information content (AvgIpc) is 2.63. The van der Waals surface area contributed by atoms with Crippen LogP contribution in [0.1, 0.15) is 5.56 Å². The van der Waals surface area contributed by atoms with Crippen molar-refractivity contribution >= 4 is 29.0 Å². The number of carbonyl (C=O) groups is 1. The monoisotopic (exact) mass is 383 g/mol. The summed E-state index contributed by atoms with van der Waals surface area (Å²) in [6, 6.07) is 11.7. The van der Waals surface area contributed by atoms with Crippen LogP contribution in [0.3, 0.4) is 0 Å². The molecule has 0 atom stereocenters. The molecule has 1 saturated heterocycles. The van der Waals surface area contributed by atoms with Crippen LogP contribution in [0, 0.1) is 0 Å². The summed E-state index contributed by atoms with van der Waals surface area (Å²) in [6.45, 7) is 2.08. The van der Waals surface area contributed by atoms with Gasteiger partial charge in [0.05, 0.1) is 5.56 Å². The summed E-state index contributed by atoms with van der Waals surface area (Å²) >= 11 is 5.81. The third kappa shape index (κ3) is 4.40. The lowest BCUT2D eigenvalue weighted by atomic mass is 10.1. The van der Waals surface area contributed by atoms with Crippen molar-refractivity contribution in [1.82, 2.24) is 4.90 Å². The van der Waals surface area contributed by atoms with Gasteiger partial charge in [-0.25, -0.2) is 4.79 Å². The van der Waals surface area contributed by atoms with Gasteiger partial charge in [0, 0.05) is 42.6 Å². The first-order valence-corrected chi connectivity index (χ1v) is 8.44. The Kier molecular flexibility index (Phi) is 5.27. The molecule has 138 valence electrons. The van der Waals surface area contributed by atoms with Crippen LogP contribution in [0.4, 0.5) is 29.3 Å². The maximum absolute atomic E-state index is 12.6. The third-order valence-electron chi connectivity index (χ3n) is 4.22. The van der Waals surface area contributed by atoms with E-state index in [1.54, 1.807) is 29.2 Å². The molecular formula is C18H17ClF3N3O. The van der Waals surface area contributed by atoms with E-state index >= 15 is 0 Å². The number of nitrogens with one attached hydrogen (secondary N) is 1. The minimum Gasteiger partial charge on any atom is -0.368 e. The number of urea groups is 1. The number of hydrogen-bond acceptors (Lipinski definition) is 2. The first-order valence-electron chi connectivity index (χ1n) is 8.06. The van der Waals surface area contributed by atoms with Crippen LogP contribution >= 0.6 is 11.6 Å². The molecule has 0 radical (unpaired) electrons. The molecular weight excluding hydrogens is 367 g/mol. The largest absolute Gasteiger partial charge is 0.416 e. The van der Waals surface area contributed by atoms with E-state index in [-0.39, 0.29) is 6.03 Å². The van der Waals surface area contributed by atoms with Gasteiger partial charge in [0.2, 0.25) is 0 Å². The number of hydrogen-bond donors (Lipinski definition) is 1. The predicted molar refractivity (Wildman–Crippen MR) is 95.7 cm³/mol. The lowest BCUT2D eigenvalue weighted by Gasteiger charge is -2.36. The summed E-state index contributed by atoms with van der Waals surface area (Å²) in [5, 5.41) is 3.39. The van der Waals surface area contributed by atoms with Crippen LogP contribution in [0.25, 0.3) is 0 Å². The maximum Gasteiger partial charge on any atom is 0.416 e. The summed E-state index contributed by atoms with van der Waals surface area (Å²) in [6.07, 6.45) is -4.34. The zero-order chi connectivity index (χ0) is 18.7. The lowest BCUT2D eigenvalue weighted by Crippen LogP contribution is -2.50. The van der Waals surface area contributed by atoms with Gasteiger partial charge in [-0.05, 0) is 48.5 Å². The minimum absolute atomic E-state index is 0.209. The molecule has 0 bridgehead atoms. The zero-order valence-electron chi connectivity index (χ0n) is 13.8. The van der Waals surface area contributed by atoms with E-state index in [0.717, 1.165) is 17.8 Å². The van der Waals surface area contributed by atoms with Crippen LogP contribution in [-0.4, -0.2) is 37.1 Å². The Balaban J connectivity index is 1.55. The van der Waals surface area contributed by atoms with Gasteiger partial charge in [0.15, 0.2) is 0 Å². The van der Waals surface area contributed by atoms with Crippen molar-refractivity contribution in [3.8, 4) is 0 Å². The van der Waals surface area contributed by atoms with Crippen LogP contribution < -0.4 is 10.2 Å². The Morgan fingerprint density at radius 3 is 2.04 bits per heavy atom. The molecule has 0 spiro atoms. The number of piperazine rings is 1. The Morgan fingerprint density at radius 2 is 1.50 bits per heavy atom. The van der Waals surface area contributed by atoms with Gasteiger partial charge in [-0.3, -0.25) is 0 Å². The van der Waals surface area contributed by atoms with E-state index in [0.29, 0.717) is 36.9 Å². The van der Waals surface area contributed by atoms with Crippen molar-refractivity contribution in [3.05, 3.63) is 59.1 Å². The summed E-state index contributed by atoms with van der Waals surface area (Å²) in [7, 11) is 0. The molecule has 4 nitrogen and oxygen atoms in total. The van der Waals surface area contributed by atoms with Gasteiger partial charge in [0.1, 0.15) is 0 Å². The molecule has 1 aliphatic rings. The smallest absolute Gasteiger partial charge is 0.368 e. The second kappa shape index (κ2) is 7.45. The van der Waals surface area contributed by atoms with Gasteiger partial charge in [0.25, 0.3) is 0 Å². The summed E-state index contributed by atoms with van der Waals surface area (Å²) < 4.78 is 37.9. The molecule has 0 aromatic heterocycles. The Labute approximate surface area is 154 Å². The van der Waals surface area contributed by atoms with Crippen molar-refractivity contribution in [2.75, 3.05) is 36.4 Å². The van der Waals surface area contributed by atoms with Gasteiger partial charge in [-0.1, -0.05) is 11.6 Å². The molecule has 0 unspecified atom stereocenters. The predicted octanol–water partition coefficient (Wildman–Crippen LogP) is 4.71. The van der Waals surface area contributed by atoms with Gasteiger partial charge in [-0.15, -0.1) is 0 Å². The van der Waals surface area contributed by atoms with Crippen LogP contribution in [0.15, 0.2) is 48.5 Å². The fourth-order valence-corrected chi connectivity index (χ4v) is 2.89. The van der Waals surface area contributed by atoms with Crippen molar-refractivity contribution in [2.45, 2.75) is 6.18 Å². The normalized spacial score (nSPS) is 15.1. The number of halogens is 4. The molecule has 1 N–H and O–H groups in total. The number of carbonyl (C=O) groups excluding carboxylic acids is 1. The number of amides is 2. The molecule has 2 amide bonds. The molecule has 1 fully saturated rings. The van der Waals surface area contributed by atoms with E-state index in [1.165, 1.54) is 12.1 Å². The number of anilines is 2. The Bertz CT molecular complexity index is 755. The van der Waals surface area contributed by atoms with E-state index in [9.17, 15) is 18.0 Å². The number of nitrogens with zero attached hydrogens (tertiary/aromatic N) is 2. The lowest BCUT2D eigenvalue weighted by molar-refractivity contribution is -0.137. The third-order valence-corrected chi connectivity index (χ3v) is 4.47. The average molecular weight is 384 g/mol. The van der Waals surface area contributed by atoms with Crippen LogP contribution in [0.2, 0.25) is 5.02 Å². The van der Waals surface area contributed by atoms with Crippen LogP contribution in [0.5, 0.6) is 0 Å². The second-order valence-electron chi connectivity index (χ2n) is 5.96. The van der Waals surface area contributed by atoms with E-state index < -0.39 is 11.7 Å². The van der Waals surface area contributed by atoms with Crippen molar-refractivity contribution in [2.24, 2.45) is 0 Å². The molecule has 1 aliphatic heterocycles. The standard InChI is InChI=1S/C18H17ClF3N3O/c19-14-3-5-15(6-4-14)23-17(26)25-11-9-24(10-12-25)16-7-1-13(2-8-16)18(20,21)22/h1-8H,9-12H2,(H,23,26). The topological polar surface area (TPSA) is 35.6 Å². The molecule has 1 heterocycles. The van der Waals surface area contributed by atoms with Crippen molar-refractivity contribution < 1.29 is 18.0 Å². The molecule has 0 saturated carbocycles. The molecule has 0 aliphatic carbocycles. The number of benzene rings is 2. The Morgan fingerprint density at radius 1 is 0.923 bits per heavy atom. The van der Waals surface area contributed by atoms with Crippen molar-refractivity contribution in [1.29, 1.82) is 0 Å². The molecule has 2 aromatic carbocycles. The zero-order valence-corrected chi connectivity index (χ0v) is 14.5. The highest BCUT2D eigenvalue weighted by Crippen LogP contribution is 2.30. The van der Waals surface area contributed by atoms with Gasteiger partial charge >= 0.3 is 12.2 Å². The van der Waals surface area contributed by atoms with Gasteiger partial charge < -0.3 is 15.1 Å². The van der Waals surface area contributed by atoms with E-state index in [1.807, 2.05) is 4.90 Å². The highest BCUT2D eigenvalue weighted by atomic mass is 35.5. The van der Waals surface area contributed by atoms with Crippen molar-refractivity contribution in [3.63, 3.8) is 0 Å². The highest BCUT2D eigenvalue weighted by molar-refractivity contribution is 6.30. The molecule has 8 heteroatoms. The number of alkyl halides is 3. The molecule has 26 heavy (non-hydrogen) atoms. The fourth-order valence-electron chi connectivity index (χ4n) is 2.76. The Hall–Kier alpha value is -2.41. The second-order valence-corrected chi connectivity index (χ2v) is 6.39. The van der Waals surface area contributed by atoms with E-state index in [2.05, 4.69) is 5.32 Å². The minimum atomic E-state index is -4.34. The summed E-state index contributed by atoms with van der Waals surface area (Å²) in [4.78, 5) is 15.9. The maximum atomic E-state index is 12.6. The number of rotatable bonds is 2. The molecule has 3 rings (SSSR count). The quantitative estimate of drug-likeness (QED) is 0.815. The SMILES string of the molecule is O=C(Nc1ccc(Cl)cc1)N1CCN(c2ccc(C(F)(F)F)cc2)CC1. The first-order chi connectivity index (χ1) is 12.3. The highest BCUT2D eigenvalue weighted by Gasteiger charge is 2.30. The summed E-state index contributed by atoms with van der Waals surface area (Å²) in [5.41, 5.74) is 0.711. The van der Waals surface area contributed by atoms with Crippen LogP contribution in [-0.2, 0) is 6.18 Å². The van der Waals surface area contributed by atoms with Gasteiger partial charge in [-0.2, -0.15) is 13.2 Å². The summed E-state index contributed by atoms with van der Waals surface area (Å²) in [5.74, 6) is 0. The fraction of sp³-hybridized carbons (Fsp3) is 0.278. The van der Waals surface area contributed by atoms with E-state index in [4.69, 9.17) is 11.6 Å². The first kappa shape index (κ1) is 18.4. The molecule has 2 aromatic rings.